The van der Waals surface area contributed by atoms with E-state index in [1.165, 1.54) is 0 Å². The molecule has 0 spiro atoms. The van der Waals surface area contributed by atoms with Crippen molar-refractivity contribution in [2.75, 3.05) is 0 Å². The quantitative estimate of drug-likeness (QED) is 0.735. The standard InChI is InChI=1S/C13H14N2O/c1-10-5-12(7-14-6-10)8-15-4-3-13(9-15)11(2)16/h3-7,9H,8H2,1-2H3. The van der Waals surface area contributed by atoms with Gasteiger partial charge in [0.25, 0.3) is 0 Å². The average Bonchev–Trinajstić information content (AvgIpc) is 2.66. The van der Waals surface area contributed by atoms with Crippen LogP contribution in [0.4, 0.5) is 0 Å². The molecule has 0 unspecified atom stereocenters. The van der Waals surface area contributed by atoms with Crippen LogP contribution in [0.25, 0.3) is 0 Å². The average molecular weight is 214 g/mol. The highest BCUT2D eigenvalue weighted by Gasteiger charge is 2.02. The fourth-order valence-corrected chi connectivity index (χ4v) is 1.66. The maximum Gasteiger partial charge on any atom is 0.161 e. The van der Waals surface area contributed by atoms with E-state index in [9.17, 15) is 4.79 Å². The van der Waals surface area contributed by atoms with Gasteiger partial charge >= 0.3 is 0 Å². The van der Waals surface area contributed by atoms with Crippen LogP contribution in [0.3, 0.4) is 0 Å². The van der Waals surface area contributed by atoms with Gasteiger partial charge in [0, 0.05) is 36.9 Å². The fraction of sp³-hybridized carbons (Fsp3) is 0.231. The van der Waals surface area contributed by atoms with Crippen molar-refractivity contribution in [3.63, 3.8) is 0 Å². The summed E-state index contributed by atoms with van der Waals surface area (Å²) < 4.78 is 1.99. The normalized spacial score (nSPS) is 10.4. The highest BCUT2D eigenvalue weighted by atomic mass is 16.1. The number of Topliss-reactive ketones (excluding diaryl/α,β-unsaturated/α-hetero) is 1. The molecule has 0 aliphatic heterocycles. The Hall–Kier alpha value is -1.90. The van der Waals surface area contributed by atoms with Gasteiger partial charge in [-0.05, 0) is 31.0 Å². The van der Waals surface area contributed by atoms with Gasteiger partial charge in [0.1, 0.15) is 0 Å². The molecule has 2 aromatic heterocycles. The van der Waals surface area contributed by atoms with Crippen molar-refractivity contribution < 1.29 is 4.79 Å². The van der Waals surface area contributed by atoms with Gasteiger partial charge in [-0.2, -0.15) is 0 Å². The third kappa shape index (κ3) is 2.37. The maximum atomic E-state index is 11.1. The van der Waals surface area contributed by atoms with Gasteiger partial charge in [0.05, 0.1) is 0 Å². The first-order chi connectivity index (χ1) is 7.65. The summed E-state index contributed by atoms with van der Waals surface area (Å²) in [5.41, 5.74) is 3.04. The Morgan fingerprint density at radius 2 is 2.25 bits per heavy atom. The maximum absolute atomic E-state index is 11.1. The summed E-state index contributed by atoms with van der Waals surface area (Å²) in [5.74, 6) is 0.0983. The molecule has 82 valence electrons. The Labute approximate surface area is 94.7 Å². The van der Waals surface area contributed by atoms with Crippen molar-refractivity contribution in [2.24, 2.45) is 0 Å². The first-order valence-electron chi connectivity index (χ1n) is 5.22. The third-order valence-corrected chi connectivity index (χ3v) is 2.45. The molecule has 0 amide bonds. The molecule has 3 nitrogen and oxygen atoms in total. The van der Waals surface area contributed by atoms with Gasteiger partial charge in [-0.25, -0.2) is 0 Å². The number of hydrogen-bond acceptors (Lipinski definition) is 2. The Bertz CT molecular complexity index is 514. The molecule has 0 bridgehead atoms. The number of carbonyl (C=O) groups is 1. The van der Waals surface area contributed by atoms with Crippen molar-refractivity contribution in [3.05, 3.63) is 53.6 Å². The zero-order valence-electron chi connectivity index (χ0n) is 9.47. The molecule has 2 rings (SSSR count). The first kappa shape index (κ1) is 10.6. The van der Waals surface area contributed by atoms with Gasteiger partial charge in [0.2, 0.25) is 0 Å². The Morgan fingerprint density at radius 3 is 2.88 bits per heavy atom. The Morgan fingerprint density at radius 1 is 1.44 bits per heavy atom. The largest absolute Gasteiger partial charge is 0.349 e. The van der Waals surface area contributed by atoms with Gasteiger partial charge in [-0.3, -0.25) is 9.78 Å². The lowest BCUT2D eigenvalue weighted by Crippen LogP contribution is -1.98. The van der Waals surface area contributed by atoms with E-state index < -0.39 is 0 Å². The van der Waals surface area contributed by atoms with Gasteiger partial charge in [0.15, 0.2) is 5.78 Å². The van der Waals surface area contributed by atoms with Crippen LogP contribution < -0.4 is 0 Å². The fourth-order valence-electron chi connectivity index (χ4n) is 1.66. The molecule has 0 saturated heterocycles. The van der Waals surface area contributed by atoms with E-state index in [0.717, 1.165) is 23.2 Å². The summed E-state index contributed by atoms with van der Waals surface area (Å²) in [6.45, 7) is 4.35. The molecule has 0 aliphatic carbocycles. The lowest BCUT2D eigenvalue weighted by Gasteiger charge is -2.03. The molecular weight excluding hydrogens is 200 g/mol. The molecular formula is C13H14N2O. The van der Waals surface area contributed by atoms with Crippen LogP contribution in [0.2, 0.25) is 0 Å². The number of nitrogens with zero attached hydrogens (tertiary/aromatic N) is 2. The molecule has 3 heteroatoms. The molecule has 0 saturated carbocycles. The van der Waals surface area contributed by atoms with Crippen LogP contribution in [0.15, 0.2) is 36.9 Å². The summed E-state index contributed by atoms with van der Waals surface area (Å²) >= 11 is 0. The molecule has 16 heavy (non-hydrogen) atoms. The van der Waals surface area contributed by atoms with E-state index in [0.29, 0.717) is 0 Å². The Balaban J connectivity index is 2.17. The molecule has 2 heterocycles. The summed E-state index contributed by atoms with van der Waals surface area (Å²) in [4.78, 5) is 15.3. The summed E-state index contributed by atoms with van der Waals surface area (Å²) in [6, 6.07) is 3.94. The number of carbonyl (C=O) groups excluding carboxylic acids is 1. The topological polar surface area (TPSA) is 34.9 Å². The van der Waals surface area contributed by atoms with Gasteiger partial charge in [-0.15, -0.1) is 0 Å². The van der Waals surface area contributed by atoms with Gasteiger partial charge < -0.3 is 4.57 Å². The highest BCUT2D eigenvalue weighted by molar-refractivity contribution is 5.93. The summed E-state index contributed by atoms with van der Waals surface area (Å²) in [7, 11) is 0. The molecule has 0 atom stereocenters. The van der Waals surface area contributed by atoms with Gasteiger partial charge in [-0.1, -0.05) is 6.07 Å². The molecule has 0 aliphatic rings. The molecule has 0 radical (unpaired) electrons. The lowest BCUT2D eigenvalue weighted by molar-refractivity contribution is 0.101. The molecule has 0 aromatic carbocycles. The van der Waals surface area contributed by atoms with Crippen LogP contribution in [-0.2, 0) is 6.54 Å². The minimum Gasteiger partial charge on any atom is -0.349 e. The molecule has 0 N–H and O–H groups in total. The van der Waals surface area contributed by atoms with Crippen molar-refractivity contribution >= 4 is 5.78 Å². The van der Waals surface area contributed by atoms with E-state index >= 15 is 0 Å². The highest BCUT2D eigenvalue weighted by Crippen LogP contribution is 2.07. The van der Waals surface area contributed by atoms with E-state index in [2.05, 4.69) is 11.1 Å². The number of hydrogen-bond donors (Lipinski definition) is 0. The van der Waals surface area contributed by atoms with Crippen LogP contribution in [0.5, 0.6) is 0 Å². The van der Waals surface area contributed by atoms with E-state index in [4.69, 9.17) is 0 Å². The van der Waals surface area contributed by atoms with Crippen LogP contribution >= 0.6 is 0 Å². The third-order valence-electron chi connectivity index (χ3n) is 2.45. The minimum absolute atomic E-state index is 0.0983. The molecule has 2 aromatic rings. The number of pyridine rings is 1. The SMILES string of the molecule is CC(=O)c1ccn(Cc2cncc(C)c2)c1. The predicted molar refractivity (Wildman–Crippen MR) is 62.5 cm³/mol. The first-order valence-corrected chi connectivity index (χ1v) is 5.22. The van der Waals surface area contributed by atoms with E-state index in [-0.39, 0.29) is 5.78 Å². The Kier molecular flexibility index (Phi) is 2.86. The summed E-state index contributed by atoms with van der Waals surface area (Å²) in [6.07, 6.45) is 7.46. The number of aryl methyl sites for hydroxylation is 1. The van der Waals surface area contributed by atoms with E-state index in [1.54, 1.807) is 6.92 Å². The predicted octanol–water partition coefficient (Wildman–Crippen LogP) is 2.44. The monoisotopic (exact) mass is 214 g/mol. The second-order valence-corrected chi connectivity index (χ2v) is 4.00. The van der Waals surface area contributed by atoms with Crippen molar-refractivity contribution in [2.45, 2.75) is 20.4 Å². The second-order valence-electron chi connectivity index (χ2n) is 4.00. The van der Waals surface area contributed by atoms with Crippen molar-refractivity contribution in [3.8, 4) is 0 Å². The van der Waals surface area contributed by atoms with Crippen LogP contribution in [0.1, 0.15) is 28.4 Å². The number of rotatable bonds is 3. The lowest BCUT2D eigenvalue weighted by atomic mass is 10.2. The number of aromatic nitrogens is 2. The second kappa shape index (κ2) is 4.31. The molecule has 0 fully saturated rings. The van der Waals surface area contributed by atoms with Crippen LogP contribution in [0, 0.1) is 6.92 Å². The summed E-state index contributed by atoms with van der Waals surface area (Å²) in [5, 5.41) is 0. The number of ketones is 1. The zero-order valence-corrected chi connectivity index (χ0v) is 9.47. The smallest absolute Gasteiger partial charge is 0.161 e. The zero-order chi connectivity index (χ0) is 11.5. The minimum atomic E-state index is 0.0983. The van der Waals surface area contributed by atoms with E-state index in [1.807, 2.05) is 42.3 Å². The van der Waals surface area contributed by atoms with Crippen molar-refractivity contribution in [1.29, 1.82) is 0 Å². The van der Waals surface area contributed by atoms with Crippen molar-refractivity contribution in [1.82, 2.24) is 9.55 Å². The van der Waals surface area contributed by atoms with Crippen LogP contribution in [-0.4, -0.2) is 15.3 Å².